The van der Waals surface area contributed by atoms with Gasteiger partial charge in [0.1, 0.15) is 5.69 Å². The Morgan fingerprint density at radius 1 is 1.56 bits per heavy atom. The van der Waals surface area contributed by atoms with Crippen molar-refractivity contribution in [1.82, 2.24) is 0 Å². The molecule has 81 valence electrons. The molecule has 7 heteroatoms. The smallest absolute Gasteiger partial charge is 0.260 e. The summed E-state index contributed by atoms with van der Waals surface area (Å²) in [7, 11) is 0. The molecule has 0 atom stereocenters. The molecule has 0 aliphatic rings. The molecule has 0 aliphatic heterocycles. The minimum absolute atomic E-state index is 0.395. The molecular weight excluding hydrogens is 210 g/mol. The molecule has 0 saturated carbocycles. The number of rotatable bonds is 5. The molecule has 1 aromatic carbocycles. The maximum absolute atomic E-state index is 10.7. The van der Waals surface area contributed by atoms with Crippen molar-refractivity contribution in [2.45, 2.75) is 0 Å². The standard InChI is InChI=1S/C9H8N5O2/c1-2-9(14(15)16)13(12-11-10)8-6-4-3-5-7-8/h2-7H,1H2. The van der Waals surface area contributed by atoms with Crippen LogP contribution in [0.1, 0.15) is 0 Å². The van der Waals surface area contributed by atoms with Gasteiger partial charge < -0.3 is 0 Å². The predicted molar refractivity (Wildman–Crippen MR) is 58.5 cm³/mol. The van der Waals surface area contributed by atoms with Crippen LogP contribution in [0, 0.1) is 16.3 Å². The zero-order valence-corrected chi connectivity index (χ0v) is 8.22. The molecule has 0 amide bonds. The summed E-state index contributed by atoms with van der Waals surface area (Å²) in [5.41, 5.74) is 8.77. The van der Waals surface area contributed by atoms with Crippen molar-refractivity contribution in [3.05, 3.63) is 69.7 Å². The van der Waals surface area contributed by atoms with E-state index in [1.807, 2.05) is 0 Å². The quantitative estimate of drug-likeness (QED) is 0.250. The van der Waals surface area contributed by atoms with E-state index in [4.69, 9.17) is 5.53 Å². The Morgan fingerprint density at radius 3 is 2.62 bits per heavy atom. The fourth-order valence-electron chi connectivity index (χ4n) is 1.08. The van der Waals surface area contributed by atoms with Crippen molar-refractivity contribution in [3.8, 4) is 0 Å². The van der Waals surface area contributed by atoms with E-state index in [0.29, 0.717) is 5.69 Å². The monoisotopic (exact) mass is 218 g/mol. The molecule has 0 aromatic heterocycles. The van der Waals surface area contributed by atoms with Crippen molar-refractivity contribution in [3.63, 3.8) is 0 Å². The zero-order valence-electron chi connectivity index (χ0n) is 8.22. The van der Waals surface area contributed by atoms with E-state index in [2.05, 4.69) is 16.7 Å². The number of azide groups is 1. The van der Waals surface area contributed by atoms with Crippen LogP contribution in [-0.2, 0) is 0 Å². The SMILES string of the molecule is C=C[C](N(N=[N+]=[N-])c1ccccc1)[N+](=O)[O-]. The predicted octanol–water partition coefficient (Wildman–Crippen LogP) is 2.67. The number of anilines is 1. The van der Waals surface area contributed by atoms with Crippen LogP contribution in [0.5, 0.6) is 0 Å². The van der Waals surface area contributed by atoms with Crippen LogP contribution in [-0.4, -0.2) is 4.92 Å². The highest BCUT2D eigenvalue weighted by atomic mass is 16.6. The first kappa shape index (κ1) is 11.5. The maximum atomic E-state index is 10.7. The molecule has 0 N–H and O–H groups in total. The van der Waals surface area contributed by atoms with Gasteiger partial charge in [0.05, 0.1) is 4.92 Å². The summed E-state index contributed by atoms with van der Waals surface area (Å²) in [6, 6.07) is 8.27. The molecule has 7 nitrogen and oxygen atoms in total. The Balaban J connectivity index is 3.13. The molecule has 0 unspecified atom stereocenters. The van der Waals surface area contributed by atoms with Crippen LogP contribution in [0.4, 0.5) is 5.69 Å². The minimum Gasteiger partial charge on any atom is -0.260 e. The van der Waals surface area contributed by atoms with E-state index in [1.54, 1.807) is 30.3 Å². The van der Waals surface area contributed by atoms with Gasteiger partial charge in [0.15, 0.2) is 0 Å². The van der Waals surface area contributed by atoms with Crippen LogP contribution in [0.15, 0.2) is 48.2 Å². The van der Waals surface area contributed by atoms with Crippen molar-refractivity contribution >= 4 is 5.69 Å². The summed E-state index contributed by atoms with van der Waals surface area (Å²) in [5.74, 6) is 0. The summed E-state index contributed by atoms with van der Waals surface area (Å²) in [6.07, 6.45) is 0.616. The summed E-state index contributed by atoms with van der Waals surface area (Å²) in [6.45, 7) is 3.31. The summed E-state index contributed by atoms with van der Waals surface area (Å²) in [5, 5.41) is 14.8. The first-order valence-corrected chi connectivity index (χ1v) is 4.24. The van der Waals surface area contributed by atoms with Crippen LogP contribution in [0.2, 0.25) is 0 Å². The van der Waals surface area contributed by atoms with E-state index in [9.17, 15) is 10.1 Å². The van der Waals surface area contributed by atoms with Gasteiger partial charge in [0, 0.05) is 6.08 Å². The van der Waals surface area contributed by atoms with E-state index in [-0.39, 0.29) is 0 Å². The second kappa shape index (κ2) is 5.38. The number of nitrogens with zero attached hydrogens (tertiary/aromatic N) is 5. The second-order valence-corrected chi connectivity index (χ2v) is 2.65. The van der Waals surface area contributed by atoms with Gasteiger partial charge in [-0.15, -0.1) is 10.5 Å². The lowest BCUT2D eigenvalue weighted by molar-refractivity contribution is -0.457. The summed E-state index contributed by atoms with van der Waals surface area (Å²) < 4.78 is 0. The lowest BCUT2D eigenvalue weighted by atomic mass is 10.3. The highest BCUT2D eigenvalue weighted by molar-refractivity contribution is 5.49. The topological polar surface area (TPSA) is 95.1 Å². The zero-order chi connectivity index (χ0) is 12.0. The Bertz CT molecular complexity index is 427. The van der Waals surface area contributed by atoms with Gasteiger partial charge in [0.25, 0.3) is 0 Å². The lowest BCUT2D eigenvalue weighted by Gasteiger charge is -2.11. The normalized spacial score (nSPS) is 9.31. The first-order chi connectivity index (χ1) is 7.70. The Hall–Kier alpha value is -2.53. The van der Waals surface area contributed by atoms with Crippen molar-refractivity contribution in [2.24, 2.45) is 5.22 Å². The molecule has 1 aromatic rings. The molecule has 1 radical (unpaired) electrons. The highest BCUT2D eigenvalue weighted by Crippen LogP contribution is 2.22. The summed E-state index contributed by atoms with van der Waals surface area (Å²) >= 11 is 0. The Labute approximate surface area is 91.4 Å². The van der Waals surface area contributed by atoms with Crippen LogP contribution in [0.25, 0.3) is 10.4 Å². The van der Waals surface area contributed by atoms with Gasteiger partial charge in [-0.05, 0) is 17.4 Å². The average Bonchev–Trinajstić information content (AvgIpc) is 2.29. The average molecular weight is 218 g/mol. The molecular formula is C9H8N5O2. The molecule has 0 saturated heterocycles. The van der Waals surface area contributed by atoms with Crippen LogP contribution in [0.3, 0.4) is 0 Å². The number of nitro groups is 1. The van der Waals surface area contributed by atoms with Crippen LogP contribution < -0.4 is 5.01 Å². The molecule has 1 rings (SSSR count). The van der Waals surface area contributed by atoms with E-state index < -0.39 is 11.1 Å². The molecule has 0 bridgehead atoms. The van der Waals surface area contributed by atoms with E-state index >= 15 is 0 Å². The van der Waals surface area contributed by atoms with Crippen molar-refractivity contribution in [2.75, 3.05) is 5.01 Å². The molecule has 0 aliphatic carbocycles. The van der Waals surface area contributed by atoms with Crippen molar-refractivity contribution in [1.29, 1.82) is 0 Å². The van der Waals surface area contributed by atoms with Gasteiger partial charge >= 0.3 is 6.17 Å². The number of hydrogen-bond acceptors (Lipinski definition) is 3. The fraction of sp³-hybridized carbons (Fsp3) is 0. The third-order valence-electron chi connectivity index (χ3n) is 1.72. The molecule has 0 fully saturated rings. The molecule has 16 heavy (non-hydrogen) atoms. The second-order valence-electron chi connectivity index (χ2n) is 2.65. The Morgan fingerprint density at radius 2 is 2.19 bits per heavy atom. The van der Waals surface area contributed by atoms with Gasteiger partial charge in [-0.1, -0.05) is 24.8 Å². The number of benzene rings is 1. The third kappa shape index (κ3) is 2.49. The fourth-order valence-corrected chi connectivity index (χ4v) is 1.08. The highest BCUT2D eigenvalue weighted by Gasteiger charge is 2.34. The van der Waals surface area contributed by atoms with E-state index in [0.717, 1.165) is 11.1 Å². The third-order valence-corrected chi connectivity index (χ3v) is 1.72. The largest absolute Gasteiger partial charge is 0.497 e. The number of hydrogen-bond donors (Lipinski definition) is 0. The summed E-state index contributed by atoms with van der Waals surface area (Å²) in [4.78, 5) is 12.6. The van der Waals surface area contributed by atoms with Gasteiger partial charge in [-0.2, -0.15) is 4.91 Å². The van der Waals surface area contributed by atoms with Crippen molar-refractivity contribution < 1.29 is 4.92 Å². The van der Waals surface area contributed by atoms with Crippen LogP contribution >= 0.6 is 0 Å². The van der Waals surface area contributed by atoms with Gasteiger partial charge in [-0.3, -0.25) is 10.1 Å². The molecule has 0 heterocycles. The first-order valence-electron chi connectivity index (χ1n) is 4.24. The maximum Gasteiger partial charge on any atom is 0.497 e. The van der Waals surface area contributed by atoms with E-state index in [1.165, 1.54) is 0 Å². The minimum atomic E-state index is -0.672. The molecule has 0 spiro atoms. The lowest BCUT2D eigenvalue weighted by Crippen LogP contribution is -2.27. The van der Waals surface area contributed by atoms with Gasteiger partial charge in [-0.25, -0.2) is 0 Å². The van der Waals surface area contributed by atoms with Gasteiger partial charge in [0.2, 0.25) is 0 Å². The Kier molecular flexibility index (Phi) is 3.88. The number of para-hydroxylation sites is 1.